The summed E-state index contributed by atoms with van der Waals surface area (Å²) in [7, 11) is 0. The van der Waals surface area contributed by atoms with Gasteiger partial charge in [-0.05, 0) is 44.0 Å². The molecule has 5 heteroatoms. The quantitative estimate of drug-likeness (QED) is 0.813. The summed E-state index contributed by atoms with van der Waals surface area (Å²) in [6.45, 7) is 8.68. The van der Waals surface area contributed by atoms with Crippen molar-refractivity contribution < 1.29 is 9.59 Å². The minimum Gasteiger partial charge on any atom is -0.368 e. The standard InChI is InChI=1S/C23H29N3O2/c1-18-9-7-8-10-19(18)17-24-21(27)23(2,3)22(28)26-15-13-25(14-16-26)20-11-5-4-6-12-20/h4-12H,13-17H2,1-3H3,(H,24,27). The van der Waals surface area contributed by atoms with E-state index in [-0.39, 0.29) is 11.8 Å². The van der Waals surface area contributed by atoms with Crippen LogP contribution in [0.1, 0.15) is 25.0 Å². The second kappa shape index (κ2) is 8.46. The van der Waals surface area contributed by atoms with E-state index in [1.165, 1.54) is 5.69 Å². The molecule has 1 aliphatic heterocycles. The molecule has 0 atom stereocenters. The molecule has 0 aliphatic carbocycles. The third-order valence-corrected chi connectivity index (χ3v) is 5.49. The fraction of sp³-hybridized carbons (Fsp3) is 0.391. The van der Waals surface area contributed by atoms with Gasteiger partial charge >= 0.3 is 0 Å². The van der Waals surface area contributed by atoms with Crippen molar-refractivity contribution in [2.75, 3.05) is 31.1 Å². The monoisotopic (exact) mass is 379 g/mol. The van der Waals surface area contributed by atoms with Gasteiger partial charge in [-0.2, -0.15) is 0 Å². The Morgan fingerprint density at radius 1 is 0.929 bits per heavy atom. The number of benzene rings is 2. The highest BCUT2D eigenvalue weighted by molar-refractivity contribution is 6.04. The van der Waals surface area contributed by atoms with Crippen molar-refractivity contribution in [3.8, 4) is 0 Å². The average Bonchev–Trinajstić information content (AvgIpc) is 2.73. The molecule has 0 radical (unpaired) electrons. The summed E-state index contributed by atoms with van der Waals surface area (Å²) in [6.07, 6.45) is 0. The van der Waals surface area contributed by atoms with Crippen LogP contribution in [0.3, 0.4) is 0 Å². The zero-order valence-electron chi connectivity index (χ0n) is 16.9. The van der Waals surface area contributed by atoms with E-state index in [1.807, 2.05) is 54.3 Å². The summed E-state index contributed by atoms with van der Waals surface area (Å²) in [5, 5.41) is 2.94. The maximum absolute atomic E-state index is 13.0. The fourth-order valence-corrected chi connectivity index (χ4v) is 3.50. The summed E-state index contributed by atoms with van der Waals surface area (Å²) in [5.41, 5.74) is 2.28. The van der Waals surface area contributed by atoms with Crippen LogP contribution < -0.4 is 10.2 Å². The van der Waals surface area contributed by atoms with Crippen LogP contribution in [0, 0.1) is 12.3 Å². The smallest absolute Gasteiger partial charge is 0.237 e. The predicted molar refractivity (Wildman–Crippen MR) is 112 cm³/mol. The number of aryl methyl sites for hydroxylation is 1. The Labute approximate surface area is 167 Å². The molecule has 1 fully saturated rings. The second-order valence-electron chi connectivity index (χ2n) is 7.85. The molecule has 3 rings (SSSR count). The summed E-state index contributed by atoms with van der Waals surface area (Å²) >= 11 is 0. The Morgan fingerprint density at radius 3 is 2.18 bits per heavy atom. The van der Waals surface area contributed by atoms with Crippen LogP contribution in [0.25, 0.3) is 0 Å². The normalized spacial score (nSPS) is 14.7. The van der Waals surface area contributed by atoms with Crippen molar-refractivity contribution in [2.45, 2.75) is 27.3 Å². The zero-order valence-corrected chi connectivity index (χ0v) is 16.9. The van der Waals surface area contributed by atoms with Gasteiger partial charge in [-0.1, -0.05) is 42.5 Å². The third kappa shape index (κ3) is 4.35. The number of nitrogens with one attached hydrogen (secondary N) is 1. The highest BCUT2D eigenvalue weighted by Crippen LogP contribution is 2.22. The molecular weight excluding hydrogens is 350 g/mol. The summed E-state index contributed by atoms with van der Waals surface area (Å²) < 4.78 is 0. The van der Waals surface area contributed by atoms with Gasteiger partial charge in [0.25, 0.3) is 0 Å². The van der Waals surface area contributed by atoms with E-state index in [0.717, 1.165) is 24.2 Å². The Balaban J connectivity index is 1.56. The van der Waals surface area contributed by atoms with Crippen LogP contribution in [-0.2, 0) is 16.1 Å². The third-order valence-electron chi connectivity index (χ3n) is 5.49. The molecule has 0 saturated carbocycles. The number of amides is 2. The lowest BCUT2D eigenvalue weighted by Crippen LogP contribution is -2.55. The number of carbonyl (C=O) groups is 2. The molecular formula is C23H29N3O2. The largest absolute Gasteiger partial charge is 0.368 e. The molecule has 1 N–H and O–H groups in total. The fourth-order valence-electron chi connectivity index (χ4n) is 3.50. The lowest BCUT2D eigenvalue weighted by atomic mass is 9.89. The van der Waals surface area contributed by atoms with Gasteiger partial charge in [-0.25, -0.2) is 0 Å². The molecule has 28 heavy (non-hydrogen) atoms. The molecule has 5 nitrogen and oxygen atoms in total. The molecule has 0 aromatic heterocycles. The van der Waals surface area contributed by atoms with Gasteiger partial charge < -0.3 is 15.1 Å². The molecule has 2 aromatic rings. The first-order valence-corrected chi connectivity index (χ1v) is 9.82. The van der Waals surface area contributed by atoms with Gasteiger partial charge in [-0.3, -0.25) is 9.59 Å². The van der Waals surface area contributed by atoms with Crippen LogP contribution in [0.15, 0.2) is 54.6 Å². The van der Waals surface area contributed by atoms with Gasteiger partial charge in [0, 0.05) is 38.4 Å². The van der Waals surface area contributed by atoms with Gasteiger partial charge in [0.15, 0.2) is 0 Å². The number of nitrogens with zero attached hydrogens (tertiary/aromatic N) is 2. The van der Waals surface area contributed by atoms with Crippen molar-refractivity contribution in [3.63, 3.8) is 0 Å². The van der Waals surface area contributed by atoms with Crippen molar-refractivity contribution >= 4 is 17.5 Å². The van der Waals surface area contributed by atoms with Gasteiger partial charge in [0.2, 0.25) is 11.8 Å². The minimum atomic E-state index is -1.09. The molecule has 1 aliphatic rings. The number of para-hydroxylation sites is 1. The van der Waals surface area contributed by atoms with Gasteiger partial charge in [0.1, 0.15) is 5.41 Å². The number of rotatable bonds is 5. The number of hydrogen-bond acceptors (Lipinski definition) is 3. The van der Waals surface area contributed by atoms with Crippen LogP contribution in [0.4, 0.5) is 5.69 Å². The van der Waals surface area contributed by atoms with E-state index >= 15 is 0 Å². The number of anilines is 1. The second-order valence-corrected chi connectivity index (χ2v) is 7.85. The van der Waals surface area contributed by atoms with Gasteiger partial charge in [0.05, 0.1) is 0 Å². The maximum atomic E-state index is 13.0. The molecule has 0 bridgehead atoms. The Kier molecular flexibility index (Phi) is 6.02. The van der Waals surface area contributed by atoms with Crippen LogP contribution >= 0.6 is 0 Å². The first-order chi connectivity index (χ1) is 13.4. The first kappa shape index (κ1) is 19.9. The van der Waals surface area contributed by atoms with Crippen molar-refractivity contribution in [3.05, 3.63) is 65.7 Å². The Bertz CT molecular complexity index is 825. The SMILES string of the molecule is Cc1ccccc1CNC(=O)C(C)(C)C(=O)N1CCN(c2ccccc2)CC1. The molecule has 1 saturated heterocycles. The number of hydrogen-bond donors (Lipinski definition) is 1. The molecule has 2 amide bonds. The van der Waals surface area contributed by atoms with Crippen molar-refractivity contribution in [2.24, 2.45) is 5.41 Å². The summed E-state index contributed by atoms with van der Waals surface area (Å²) in [5.74, 6) is -0.339. The number of carbonyl (C=O) groups excluding carboxylic acids is 2. The van der Waals surface area contributed by atoms with E-state index in [1.54, 1.807) is 13.8 Å². The lowest BCUT2D eigenvalue weighted by Gasteiger charge is -2.39. The van der Waals surface area contributed by atoms with Gasteiger partial charge in [-0.15, -0.1) is 0 Å². The van der Waals surface area contributed by atoms with Crippen molar-refractivity contribution in [1.82, 2.24) is 10.2 Å². The summed E-state index contributed by atoms with van der Waals surface area (Å²) in [4.78, 5) is 29.9. The van der Waals surface area contributed by atoms with Crippen molar-refractivity contribution in [1.29, 1.82) is 0 Å². The zero-order chi connectivity index (χ0) is 20.1. The highest BCUT2D eigenvalue weighted by atomic mass is 16.2. The van der Waals surface area contributed by atoms with E-state index in [9.17, 15) is 9.59 Å². The van der Waals surface area contributed by atoms with Crippen LogP contribution in [-0.4, -0.2) is 42.9 Å². The molecule has 2 aromatic carbocycles. The lowest BCUT2D eigenvalue weighted by molar-refractivity contribution is -0.148. The Hall–Kier alpha value is -2.82. The van der Waals surface area contributed by atoms with E-state index in [0.29, 0.717) is 19.6 Å². The average molecular weight is 380 g/mol. The maximum Gasteiger partial charge on any atom is 0.237 e. The first-order valence-electron chi connectivity index (χ1n) is 9.82. The molecule has 0 unspecified atom stereocenters. The van der Waals surface area contributed by atoms with Crippen LogP contribution in [0.2, 0.25) is 0 Å². The Morgan fingerprint density at radius 2 is 1.54 bits per heavy atom. The number of piperazine rings is 1. The van der Waals surface area contributed by atoms with E-state index in [4.69, 9.17) is 0 Å². The van der Waals surface area contributed by atoms with E-state index < -0.39 is 5.41 Å². The molecule has 148 valence electrons. The molecule has 0 spiro atoms. The topological polar surface area (TPSA) is 52.7 Å². The summed E-state index contributed by atoms with van der Waals surface area (Å²) in [6, 6.07) is 18.2. The minimum absolute atomic E-state index is 0.109. The molecule has 1 heterocycles. The predicted octanol–water partition coefficient (Wildman–Crippen LogP) is 2.99. The van der Waals surface area contributed by atoms with Crippen LogP contribution in [0.5, 0.6) is 0 Å². The highest BCUT2D eigenvalue weighted by Gasteiger charge is 2.39. The van der Waals surface area contributed by atoms with E-state index in [2.05, 4.69) is 22.3 Å².